The van der Waals surface area contributed by atoms with Crippen molar-refractivity contribution >= 4 is 29.5 Å². The molecule has 5 rings (SSSR count). The number of amides is 2. The summed E-state index contributed by atoms with van der Waals surface area (Å²) in [5.41, 5.74) is 2.61. The molecule has 7 nitrogen and oxygen atoms in total. The van der Waals surface area contributed by atoms with Crippen LogP contribution in [0.5, 0.6) is 5.75 Å². The number of nitrogens with one attached hydrogen (secondary N) is 1. The van der Waals surface area contributed by atoms with Crippen LogP contribution < -0.4 is 10.1 Å². The molecule has 2 amide bonds. The molecule has 0 aromatic heterocycles. The predicted octanol–water partition coefficient (Wildman–Crippen LogP) is 8.31. The van der Waals surface area contributed by atoms with Gasteiger partial charge in [-0.25, -0.2) is 9.59 Å². The number of rotatable bonds is 7. The highest BCUT2D eigenvalue weighted by molar-refractivity contribution is 6.34. The predicted molar refractivity (Wildman–Crippen MR) is 160 cm³/mol. The number of ether oxygens (including phenoxy) is 3. The van der Waals surface area contributed by atoms with E-state index in [1.165, 1.54) is 0 Å². The number of anilines is 1. The zero-order chi connectivity index (χ0) is 29.0. The highest BCUT2D eigenvalue weighted by Crippen LogP contribution is 2.41. The van der Waals surface area contributed by atoms with E-state index >= 15 is 0 Å². The maximum atomic E-state index is 13.0. The quantitative estimate of drug-likeness (QED) is 0.306. The first-order valence-electron chi connectivity index (χ1n) is 14.2. The van der Waals surface area contributed by atoms with E-state index in [-0.39, 0.29) is 30.7 Å². The summed E-state index contributed by atoms with van der Waals surface area (Å²) >= 11 is 6.70. The van der Waals surface area contributed by atoms with Gasteiger partial charge < -0.3 is 19.1 Å². The first kappa shape index (κ1) is 28.8. The Morgan fingerprint density at radius 1 is 0.951 bits per heavy atom. The van der Waals surface area contributed by atoms with Crippen LogP contribution in [0, 0.1) is 5.92 Å². The number of benzene rings is 3. The van der Waals surface area contributed by atoms with Crippen LogP contribution >= 0.6 is 11.6 Å². The molecule has 2 saturated heterocycles. The van der Waals surface area contributed by atoms with E-state index in [2.05, 4.69) is 5.32 Å². The molecule has 2 aliphatic rings. The van der Waals surface area contributed by atoms with Crippen LogP contribution in [0.1, 0.15) is 52.0 Å². The zero-order valence-corrected chi connectivity index (χ0v) is 24.5. The topological polar surface area (TPSA) is 77.1 Å². The lowest BCUT2D eigenvalue weighted by molar-refractivity contribution is -0.00262. The second-order valence-corrected chi connectivity index (χ2v) is 12.2. The SMILES string of the molecule is CC(C)(C)OC(=O)N1C2CCC1CC(COC(=O)Nc1c(Cl)cc(OCc3ccccc3)cc1-c1ccccc1)C2. The van der Waals surface area contributed by atoms with Gasteiger partial charge in [0.1, 0.15) is 18.0 Å². The summed E-state index contributed by atoms with van der Waals surface area (Å²) in [5, 5.41) is 3.23. The van der Waals surface area contributed by atoms with Gasteiger partial charge >= 0.3 is 12.2 Å². The van der Waals surface area contributed by atoms with Gasteiger partial charge in [0, 0.05) is 23.7 Å². The number of hydrogen-bond acceptors (Lipinski definition) is 5. The Kier molecular flexibility index (Phi) is 8.74. The standard InChI is InChI=1S/C33H37ClN2O5/c1-33(2,3)41-32(38)36-25-14-15-26(36)17-23(16-25)21-40-31(37)35-30-28(24-12-8-5-9-13-24)18-27(19-29(30)34)39-20-22-10-6-4-7-11-22/h4-13,18-19,23,25-26H,14-17,20-21H2,1-3H3,(H,35,37). The van der Waals surface area contributed by atoms with Gasteiger partial charge in [0.05, 0.1) is 17.3 Å². The fourth-order valence-electron chi connectivity index (χ4n) is 5.75. The van der Waals surface area contributed by atoms with Gasteiger partial charge in [-0.3, -0.25) is 5.32 Å². The molecule has 0 radical (unpaired) electrons. The average Bonchev–Trinajstić information content (AvgIpc) is 3.22. The van der Waals surface area contributed by atoms with Crippen LogP contribution in [0.2, 0.25) is 5.02 Å². The number of fused-ring (bicyclic) bond motifs is 2. The minimum absolute atomic E-state index is 0.114. The highest BCUT2D eigenvalue weighted by atomic mass is 35.5. The number of nitrogens with zero attached hydrogens (tertiary/aromatic N) is 1. The van der Waals surface area contributed by atoms with Crippen molar-refractivity contribution in [2.75, 3.05) is 11.9 Å². The lowest BCUT2D eigenvalue weighted by Crippen LogP contribution is -2.49. The van der Waals surface area contributed by atoms with Crippen molar-refractivity contribution in [3.63, 3.8) is 0 Å². The maximum Gasteiger partial charge on any atom is 0.411 e. The molecular formula is C33H37ClN2O5. The maximum absolute atomic E-state index is 13.0. The normalized spacial score (nSPS) is 19.9. The Balaban J connectivity index is 1.23. The number of piperidine rings is 1. The molecule has 8 heteroatoms. The molecule has 3 aromatic rings. The molecule has 216 valence electrons. The third-order valence-corrected chi connectivity index (χ3v) is 7.81. The molecule has 41 heavy (non-hydrogen) atoms. The molecule has 0 saturated carbocycles. The molecule has 0 aliphatic carbocycles. The Bertz CT molecular complexity index is 1350. The first-order chi connectivity index (χ1) is 19.7. The van der Waals surface area contributed by atoms with E-state index in [0.29, 0.717) is 23.1 Å². The molecule has 2 atom stereocenters. The van der Waals surface area contributed by atoms with Crippen molar-refractivity contribution in [1.82, 2.24) is 4.90 Å². The van der Waals surface area contributed by atoms with Gasteiger partial charge in [-0.05, 0) is 69.6 Å². The van der Waals surface area contributed by atoms with Crippen LogP contribution in [0.15, 0.2) is 72.8 Å². The minimum atomic E-state index is -0.566. The molecule has 2 unspecified atom stereocenters. The van der Waals surface area contributed by atoms with Gasteiger partial charge in [0.2, 0.25) is 0 Å². The van der Waals surface area contributed by atoms with Gasteiger partial charge in [0.15, 0.2) is 0 Å². The van der Waals surface area contributed by atoms with E-state index in [0.717, 1.165) is 42.4 Å². The van der Waals surface area contributed by atoms with E-state index in [9.17, 15) is 9.59 Å². The smallest absolute Gasteiger partial charge is 0.411 e. The summed E-state index contributed by atoms with van der Waals surface area (Å²) < 4.78 is 17.4. The second-order valence-electron chi connectivity index (χ2n) is 11.8. The average molecular weight is 577 g/mol. The minimum Gasteiger partial charge on any atom is -0.489 e. The van der Waals surface area contributed by atoms with Crippen molar-refractivity contribution < 1.29 is 23.8 Å². The van der Waals surface area contributed by atoms with Gasteiger partial charge in [-0.15, -0.1) is 0 Å². The number of halogens is 1. The van der Waals surface area contributed by atoms with E-state index in [1.807, 2.05) is 92.4 Å². The van der Waals surface area contributed by atoms with Crippen molar-refractivity contribution in [1.29, 1.82) is 0 Å². The molecule has 2 bridgehead atoms. The van der Waals surface area contributed by atoms with Gasteiger partial charge in [-0.2, -0.15) is 0 Å². The van der Waals surface area contributed by atoms with Crippen LogP contribution in [0.25, 0.3) is 11.1 Å². The number of carbonyl (C=O) groups excluding carboxylic acids is 2. The summed E-state index contributed by atoms with van der Waals surface area (Å²) in [4.78, 5) is 27.6. The Morgan fingerprint density at radius 2 is 1.59 bits per heavy atom. The molecule has 2 fully saturated rings. The summed E-state index contributed by atoms with van der Waals surface area (Å²) in [6.45, 7) is 6.32. The summed E-state index contributed by atoms with van der Waals surface area (Å²) in [7, 11) is 0. The fourth-order valence-corrected chi connectivity index (χ4v) is 6.01. The molecule has 1 N–H and O–H groups in total. The van der Waals surface area contributed by atoms with Gasteiger partial charge in [-0.1, -0.05) is 72.3 Å². The lowest BCUT2D eigenvalue weighted by Gasteiger charge is -2.39. The van der Waals surface area contributed by atoms with Crippen molar-refractivity contribution in [2.24, 2.45) is 5.92 Å². The monoisotopic (exact) mass is 576 g/mol. The highest BCUT2D eigenvalue weighted by Gasteiger charge is 2.45. The van der Waals surface area contributed by atoms with Crippen LogP contribution in [0.3, 0.4) is 0 Å². The second kappa shape index (κ2) is 12.4. The number of hydrogen-bond donors (Lipinski definition) is 1. The van der Waals surface area contributed by atoms with Crippen LogP contribution in [-0.2, 0) is 16.1 Å². The molecule has 3 aromatic carbocycles. The Labute approximate surface area is 246 Å². The first-order valence-corrected chi connectivity index (χ1v) is 14.5. The Hall–Kier alpha value is -3.71. The fraction of sp³-hybridized carbons (Fsp3) is 0.394. The van der Waals surface area contributed by atoms with Crippen LogP contribution in [-0.4, -0.2) is 41.4 Å². The largest absolute Gasteiger partial charge is 0.489 e. The molecule has 2 aliphatic heterocycles. The van der Waals surface area contributed by atoms with Gasteiger partial charge in [0.25, 0.3) is 0 Å². The van der Waals surface area contributed by atoms with Crippen molar-refractivity contribution in [3.05, 3.63) is 83.4 Å². The Morgan fingerprint density at radius 3 is 2.22 bits per heavy atom. The molecule has 0 spiro atoms. The zero-order valence-electron chi connectivity index (χ0n) is 23.8. The van der Waals surface area contributed by atoms with E-state index in [4.69, 9.17) is 25.8 Å². The summed E-state index contributed by atoms with van der Waals surface area (Å²) in [6.07, 6.45) is 2.65. The molecular weight excluding hydrogens is 540 g/mol. The number of carbonyl (C=O) groups is 2. The third-order valence-electron chi connectivity index (χ3n) is 7.51. The molecule has 2 heterocycles. The summed E-state index contributed by atoms with van der Waals surface area (Å²) in [5.74, 6) is 0.776. The third kappa shape index (κ3) is 7.33. The summed E-state index contributed by atoms with van der Waals surface area (Å²) in [6, 6.07) is 23.4. The lowest BCUT2D eigenvalue weighted by atomic mass is 9.92. The van der Waals surface area contributed by atoms with Crippen molar-refractivity contribution in [3.8, 4) is 16.9 Å². The van der Waals surface area contributed by atoms with Crippen molar-refractivity contribution in [2.45, 2.75) is 70.7 Å². The van der Waals surface area contributed by atoms with E-state index in [1.54, 1.807) is 6.07 Å². The van der Waals surface area contributed by atoms with Crippen LogP contribution in [0.4, 0.5) is 15.3 Å². The van der Waals surface area contributed by atoms with E-state index < -0.39 is 11.7 Å².